The molecule has 3 atom stereocenters. The Kier molecular flexibility index (Phi) is 4.30. The van der Waals surface area contributed by atoms with E-state index in [1.807, 2.05) is 12.1 Å². The van der Waals surface area contributed by atoms with E-state index in [1.165, 1.54) is 5.21 Å². The zero-order chi connectivity index (χ0) is 18.4. The van der Waals surface area contributed by atoms with Crippen molar-refractivity contribution in [1.29, 1.82) is 0 Å². The molecule has 27 heavy (non-hydrogen) atoms. The Morgan fingerprint density at radius 3 is 3.07 bits per heavy atom. The van der Waals surface area contributed by atoms with Gasteiger partial charge in [0.25, 0.3) is 0 Å². The number of aliphatic hydroxyl groups excluding tert-OH is 1. The van der Waals surface area contributed by atoms with E-state index in [1.54, 1.807) is 16.8 Å². The van der Waals surface area contributed by atoms with Crippen LogP contribution in [0.1, 0.15) is 6.42 Å². The van der Waals surface area contributed by atoms with Gasteiger partial charge in [-0.2, -0.15) is 0 Å². The first kappa shape index (κ1) is 17.0. The van der Waals surface area contributed by atoms with Gasteiger partial charge in [0.2, 0.25) is 0 Å². The van der Waals surface area contributed by atoms with Crippen LogP contribution in [-0.2, 0) is 0 Å². The van der Waals surface area contributed by atoms with Crippen LogP contribution in [0.4, 0.5) is 11.6 Å². The fourth-order valence-electron chi connectivity index (χ4n) is 3.95. The Morgan fingerprint density at radius 1 is 1.33 bits per heavy atom. The first-order valence-electron chi connectivity index (χ1n) is 9.15. The molecule has 5 rings (SSSR count). The summed E-state index contributed by atoms with van der Waals surface area (Å²) in [5.74, 6) is 2.90. The minimum atomic E-state index is -0.0374. The molecule has 0 aromatic carbocycles. The Balaban J connectivity index is 1.43. The zero-order valence-corrected chi connectivity index (χ0v) is 16.9. The quantitative estimate of drug-likeness (QED) is 0.560. The molecule has 3 N–H and O–H groups in total. The Labute approximate surface area is 162 Å². The van der Waals surface area contributed by atoms with Crippen molar-refractivity contribution in [2.45, 2.75) is 22.5 Å². The number of furan rings is 1. The third-order valence-corrected chi connectivity index (χ3v) is 8.63. The molecule has 142 valence electrons. The average Bonchev–Trinajstić information content (AvgIpc) is 3.36. The van der Waals surface area contributed by atoms with Gasteiger partial charge in [-0.25, -0.2) is 0 Å². The number of anilines is 2. The van der Waals surface area contributed by atoms with Gasteiger partial charge in [0, 0.05) is 0 Å². The number of piperazine rings is 1. The summed E-state index contributed by atoms with van der Waals surface area (Å²) in [5, 5.41) is 15.3. The molecule has 3 aromatic rings. The number of fused-ring (bicyclic) bond motifs is 2. The van der Waals surface area contributed by atoms with E-state index < -0.39 is 0 Å². The van der Waals surface area contributed by atoms with Gasteiger partial charge in [0.05, 0.1) is 0 Å². The summed E-state index contributed by atoms with van der Waals surface area (Å²) in [6.45, 7) is 3.03. The van der Waals surface area contributed by atoms with Gasteiger partial charge in [0.15, 0.2) is 0 Å². The van der Waals surface area contributed by atoms with E-state index in [0.29, 0.717) is 34.1 Å². The molecule has 2 fully saturated rings. The summed E-state index contributed by atoms with van der Waals surface area (Å²) in [6.07, 6.45) is 2.73. The number of hydrogen-bond acceptors (Lipinski definition) is 8. The summed E-state index contributed by atoms with van der Waals surface area (Å²) in [7, 11) is 0. The first-order valence-corrected chi connectivity index (χ1v) is 11.8. The van der Waals surface area contributed by atoms with Crippen molar-refractivity contribution >= 4 is 33.2 Å². The number of hydrogen-bond donors (Lipinski definition) is 2. The second kappa shape index (κ2) is 6.81. The van der Waals surface area contributed by atoms with E-state index in [9.17, 15) is 5.11 Å². The summed E-state index contributed by atoms with van der Waals surface area (Å²) in [5.41, 5.74) is 6.23. The number of rotatable bonds is 3. The van der Waals surface area contributed by atoms with Crippen LogP contribution in [0.15, 0.2) is 28.9 Å². The molecule has 0 spiro atoms. The fraction of sp³-hybridized carbons (Fsp3) is 0.471. The van der Waals surface area contributed by atoms with Gasteiger partial charge in [-0.1, -0.05) is 0 Å². The van der Waals surface area contributed by atoms with Crippen molar-refractivity contribution in [3.05, 3.63) is 24.5 Å². The first-order chi connectivity index (χ1) is 13.2. The van der Waals surface area contributed by atoms with Crippen LogP contribution in [0.2, 0.25) is 5.21 Å². The molecule has 0 saturated carbocycles. The third-order valence-electron chi connectivity index (χ3n) is 5.35. The van der Waals surface area contributed by atoms with Gasteiger partial charge in [-0.05, 0) is 0 Å². The predicted octanol–water partition coefficient (Wildman–Crippen LogP) is 0.0340. The number of aromatic nitrogens is 4. The maximum absolute atomic E-state index is 9.65. The van der Waals surface area contributed by atoms with E-state index in [2.05, 4.69) is 19.9 Å². The second-order valence-electron chi connectivity index (χ2n) is 6.94. The number of aliphatic hydroxyl groups is 1. The molecule has 3 aromatic heterocycles. The van der Waals surface area contributed by atoms with Crippen molar-refractivity contribution in [3.63, 3.8) is 0 Å². The molecule has 10 heteroatoms. The van der Waals surface area contributed by atoms with Crippen LogP contribution in [-0.4, -0.2) is 82.5 Å². The molecular formula is C17H22AsN7O2. The summed E-state index contributed by atoms with van der Waals surface area (Å²) in [6, 6.07) is 5.81. The Morgan fingerprint density at radius 2 is 2.26 bits per heavy atom. The number of nitrogens with two attached hydrogens (primary N) is 1. The molecule has 2 saturated heterocycles. The van der Waals surface area contributed by atoms with Gasteiger partial charge >= 0.3 is 163 Å². The molecular weight excluding hydrogens is 409 g/mol. The van der Waals surface area contributed by atoms with E-state index in [4.69, 9.17) is 15.1 Å². The summed E-state index contributed by atoms with van der Waals surface area (Å²) in [4.78, 5) is 14.6. The van der Waals surface area contributed by atoms with Gasteiger partial charge in [0.1, 0.15) is 0 Å². The van der Waals surface area contributed by atoms with Gasteiger partial charge < -0.3 is 0 Å². The average molecular weight is 431 g/mol. The minimum absolute atomic E-state index is 0.0374. The van der Waals surface area contributed by atoms with Crippen molar-refractivity contribution in [1.82, 2.24) is 24.5 Å². The third kappa shape index (κ3) is 2.99. The molecule has 0 amide bonds. The molecule has 2 aliphatic heterocycles. The molecule has 0 aliphatic carbocycles. The zero-order valence-electron chi connectivity index (χ0n) is 14.8. The van der Waals surface area contributed by atoms with E-state index >= 15 is 0 Å². The maximum atomic E-state index is 9.65. The number of nitrogen functional groups attached to an aromatic ring is 1. The molecule has 0 radical (unpaired) electrons. The van der Waals surface area contributed by atoms with Crippen molar-refractivity contribution < 1.29 is 9.52 Å². The Bertz CT molecular complexity index is 944. The van der Waals surface area contributed by atoms with Crippen LogP contribution in [0.3, 0.4) is 0 Å². The monoisotopic (exact) mass is 431 g/mol. The molecule has 9 nitrogen and oxygen atoms in total. The molecule has 0 bridgehead atoms. The van der Waals surface area contributed by atoms with Crippen LogP contribution >= 0.6 is 0 Å². The standard InChI is InChI=1S/C17H22AsN7O2/c19-14-8-15(20-17-21-16(22-25(14)17)12-2-1-7-27-12)23-5-6-24-11(10-26)3-4-18-13(24)9-23/h1-2,7-8,11,13,18,26H,3-6,9-10,19H2. The Hall–Kier alpha value is -2.09. The van der Waals surface area contributed by atoms with E-state index in [-0.39, 0.29) is 22.4 Å². The fourth-order valence-corrected chi connectivity index (χ4v) is 7.64. The molecule has 5 heterocycles. The second-order valence-corrected chi connectivity index (χ2v) is 10.2. The normalized spacial score (nSPS) is 24.6. The topological polar surface area (TPSA) is 109 Å². The summed E-state index contributed by atoms with van der Waals surface area (Å²) < 4.78 is 6.93. The van der Waals surface area contributed by atoms with E-state index in [0.717, 1.165) is 31.9 Å². The van der Waals surface area contributed by atoms with Crippen LogP contribution in [0, 0.1) is 0 Å². The van der Waals surface area contributed by atoms with Crippen LogP contribution in [0.25, 0.3) is 17.4 Å². The molecule has 2 aliphatic rings. The molecule has 3 unspecified atom stereocenters. The summed E-state index contributed by atoms with van der Waals surface area (Å²) >= 11 is -0.0374. The van der Waals surface area contributed by atoms with Gasteiger partial charge in [-0.3, -0.25) is 0 Å². The SMILES string of the molecule is Nc1cc(N2CCN3C(CO)CC[AsH]C3C2)nc2nc(-c3ccco3)nn12. The van der Waals surface area contributed by atoms with Crippen LogP contribution in [0.5, 0.6) is 0 Å². The van der Waals surface area contributed by atoms with Crippen molar-refractivity contribution in [2.24, 2.45) is 0 Å². The van der Waals surface area contributed by atoms with Crippen LogP contribution < -0.4 is 10.6 Å². The van der Waals surface area contributed by atoms with Crippen molar-refractivity contribution in [2.75, 3.05) is 36.9 Å². The van der Waals surface area contributed by atoms with Gasteiger partial charge in [-0.15, -0.1) is 0 Å². The number of nitrogens with zero attached hydrogens (tertiary/aromatic N) is 6. The van der Waals surface area contributed by atoms with Crippen molar-refractivity contribution in [3.8, 4) is 11.6 Å². The predicted molar refractivity (Wildman–Crippen MR) is 103 cm³/mol.